The minimum atomic E-state index is -3.57. The molecule has 0 radical (unpaired) electrons. The number of benzene rings is 1. The van der Waals surface area contributed by atoms with Crippen LogP contribution in [0.25, 0.3) is 0 Å². The van der Waals surface area contributed by atoms with Gasteiger partial charge in [-0.3, -0.25) is 4.79 Å². The van der Waals surface area contributed by atoms with Crippen LogP contribution in [0.3, 0.4) is 0 Å². The Morgan fingerprint density at radius 2 is 2.19 bits per heavy atom. The highest BCUT2D eigenvalue weighted by molar-refractivity contribution is 7.89. The van der Waals surface area contributed by atoms with Crippen molar-refractivity contribution in [2.45, 2.75) is 38.4 Å². The maximum Gasteiger partial charge on any atom is 0.259 e. The molecule has 1 amide bonds. The third-order valence-corrected chi connectivity index (χ3v) is 6.09. The van der Waals surface area contributed by atoms with Crippen molar-refractivity contribution in [1.29, 1.82) is 0 Å². The summed E-state index contributed by atoms with van der Waals surface area (Å²) in [6, 6.07) is 5.24. The minimum absolute atomic E-state index is 0.0347. The summed E-state index contributed by atoms with van der Waals surface area (Å²) in [4.78, 5) is 12.3. The lowest BCUT2D eigenvalue weighted by Gasteiger charge is -2.22. The van der Waals surface area contributed by atoms with Gasteiger partial charge in [0.15, 0.2) is 0 Å². The van der Waals surface area contributed by atoms with Gasteiger partial charge in [-0.15, -0.1) is 4.40 Å². The summed E-state index contributed by atoms with van der Waals surface area (Å²) in [5.74, 6) is 0.524. The highest BCUT2D eigenvalue weighted by atomic mass is 32.2. The predicted octanol–water partition coefficient (Wildman–Crippen LogP) is 1.56. The number of ether oxygens (including phenoxy) is 1. The Morgan fingerprint density at radius 1 is 1.38 bits per heavy atom. The number of hydrogen-bond acceptors (Lipinski definition) is 5. The van der Waals surface area contributed by atoms with Gasteiger partial charge in [0.05, 0.1) is 17.9 Å². The van der Waals surface area contributed by atoms with E-state index < -0.39 is 10.0 Å². The topological polar surface area (TPSA) is 111 Å². The molecule has 1 saturated carbocycles. The maximum atomic E-state index is 12.3. The lowest BCUT2D eigenvalue weighted by molar-refractivity contribution is -0.126. The molecule has 8 heteroatoms. The van der Waals surface area contributed by atoms with E-state index in [0.717, 1.165) is 25.7 Å². The second-order valence-corrected chi connectivity index (χ2v) is 8.53. The number of rotatable bonds is 6. The van der Waals surface area contributed by atoms with Gasteiger partial charge in [0.2, 0.25) is 5.91 Å². The molecule has 0 saturated heterocycles. The van der Waals surface area contributed by atoms with E-state index in [1.165, 1.54) is 0 Å². The highest BCUT2D eigenvalue weighted by Gasteiger charge is 2.34. The van der Waals surface area contributed by atoms with Crippen molar-refractivity contribution in [3.63, 3.8) is 0 Å². The molecule has 2 aliphatic rings. The zero-order valence-corrected chi connectivity index (χ0v) is 15.7. The van der Waals surface area contributed by atoms with E-state index in [1.807, 2.05) is 6.92 Å². The van der Waals surface area contributed by atoms with E-state index in [0.29, 0.717) is 30.0 Å². The fourth-order valence-corrected chi connectivity index (χ4v) is 4.78. The molecule has 0 spiro atoms. The van der Waals surface area contributed by atoms with Crippen molar-refractivity contribution >= 4 is 21.8 Å². The van der Waals surface area contributed by atoms with Crippen molar-refractivity contribution in [2.75, 3.05) is 13.2 Å². The van der Waals surface area contributed by atoms with Crippen molar-refractivity contribution in [3.05, 3.63) is 29.3 Å². The Labute approximate surface area is 154 Å². The van der Waals surface area contributed by atoms with Crippen LogP contribution in [0.4, 0.5) is 0 Å². The van der Waals surface area contributed by atoms with Crippen LogP contribution >= 0.6 is 0 Å². The SMILES string of the molecule is CCCNC(=O)C1CCC[C@@H]1COc1cccc2c1C(N)=NS(=O)(=O)C2. The highest BCUT2D eigenvalue weighted by Crippen LogP contribution is 2.34. The first-order valence-corrected chi connectivity index (χ1v) is 10.6. The number of nitrogens with one attached hydrogen (secondary N) is 1. The third kappa shape index (κ3) is 4.00. The summed E-state index contributed by atoms with van der Waals surface area (Å²) in [5.41, 5.74) is 7.01. The number of amidine groups is 1. The Kier molecular flexibility index (Phi) is 5.50. The van der Waals surface area contributed by atoms with E-state index in [4.69, 9.17) is 10.5 Å². The van der Waals surface area contributed by atoms with Gasteiger partial charge in [0, 0.05) is 18.4 Å². The largest absolute Gasteiger partial charge is 0.492 e. The Balaban J connectivity index is 1.72. The number of hydrogen-bond donors (Lipinski definition) is 2. The van der Waals surface area contributed by atoms with Crippen molar-refractivity contribution in [1.82, 2.24) is 5.32 Å². The molecule has 2 atom stereocenters. The second-order valence-electron chi connectivity index (χ2n) is 6.89. The molecule has 3 N–H and O–H groups in total. The molecular formula is C18H25N3O4S. The number of carbonyl (C=O) groups is 1. The number of amides is 1. The van der Waals surface area contributed by atoms with Crippen LogP contribution in [0.1, 0.15) is 43.7 Å². The van der Waals surface area contributed by atoms with Gasteiger partial charge in [-0.25, -0.2) is 8.42 Å². The number of nitrogens with two attached hydrogens (primary N) is 1. The fourth-order valence-electron chi connectivity index (χ4n) is 3.69. The lowest BCUT2D eigenvalue weighted by Crippen LogP contribution is -2.35. The maximum absolute atomic E-state index is 12.3. The molecule has 1 aromatic rings. The summed E-state index contributed by atoms with van der Waals surface area (Å²) in [6.45, 7) is 3.12. The molecule has 26 heavy (non-hydrogen) atoms. The van der Waals surface area contributed by atoms with Gasteiger partial charge in [0.25, 0.3) is 10.0 Å². The normalized spacial score (nSPS) is 23.8. The Hall–Kier alpha value is -2.09. The summed E-state index contributed by atoms with van der Waals surface area (Å²) in [7, 11) is -3.57. The van der Waals surface area contributed by atoms with Crippen LogP contribution in [0.5, 0.6) is 5.75 Å². The monoisotopic (exact) mass is 379 g/mol. The summed E-state index contributed by atoms with van der Waals surface area (Å²) in [5, 5.41) is 2.97. The Bertz CT molecular complexity index is 820. The first-order valence-electron chi connectivity index (χ1n) is 9.02. The fraction of sp³-hybridized carbons (Fsp3) is 0.556. The zero-order valence-electron chi connectivity index (χ0n) is 14.9. The molecule has 3 rings (SSSR count). The first kappa shape index (κ1) is 18.7. The van der Waals surface area contributed by atoms with Crippen LogP contribution in [-0.2, 0) is 20.6 Å². The van der Waals surface area contributed by atoms with Crippen LogP contribution in [0.2, 0.25) is 0 Å². The van der Waals surface area contributed by atoms with E-state index >= 15 is 0 Å². The molecule has 1 aliphatic carbocycles. The molecule has 142 valence electrons. The van der Waals surface area contributed by atoms with Crippen LogP contribution in [0, 0.1) is 11.8 Å². The van der Waals surface area contributed by atoms with Gasteiger partial charge in [-0.1, -0.05) is 25.5 Å². The number of carbonyl (C=O) groups excluding carboxylic acids is 1. The number of fused-ring (bicyclic) bond motifs is 1. The van der Waals surface area contributed by atoms with Gasteiger partial charge < -0.3 is 15.8 Å². The summed E-state index contributed by atoms with van der Waals surface area (Å²) < 4.78 is 33.1. The molecule has 7 nitrogen and oxygen atoms in total. The summed E-state index contributed by atoms with van der Waals surface area (Å²) in [6.07, 6.45) is 3.74. The van der Waals surface area contributed by atoms with E-state index in [-0.39, 0.29) is 29.3 Å². The molecule has 1 fully saturated rings. The quantitative estimate of drug-likeness (QED) is 0.779. The van der Waals surface area contributed by atoms with Gasteiger partial charge in [-0.05, 0) is 30.9 Å². The Morgan fingerprint density at radius 3 is 2.96 bits per heavy atom. The molecular weight excluding hydrogens is 354 g/mol. The molecule has 1 aromatic carbocycles. The summed E-state index contributed by atoms with van der Waals surface area (Å²) >= 11 is 0. The molecule has 1 aliphatic heterocycles. The predicted molar refractivity (Wildman–Crippen MR) is 99.4 cm³/mol. The molecule has 1 heterocycles. The van der Waals surface area contributed by atoms with Crippen molar-refractivity contribution < 1.29 is 17.9 Å². The van der Waals surface area contributed by atoms with Crippen LogP contribution < -0.4 is 15.8 Å². The number of sulfonamides is 1. The molecule has 0 bridgehead atoms. The second kappa shape index (κ2) is 7.65. The number of nitrogens with zero attached hydrogens (tertiary/aromatic N) is 1. The lowest BCUT2D eigenvalue weighted by atomic mass is 9.96. The zero-order chi connectivity index (χ0) is 18.7. The average molecular weight is 379 g/mol. The van der Waals surface area contributed by atoms with Gasteiger partial charge >= 0.3 is 0 Å². The third-order valence-electron chi connectivity index (χ3n) is 4.94. The standard InChI is InChI=1S/C18H25N3O4S/c1-2-9-20-18(22)14-7-3-5-12(14)10-25-15-8-4-6-13-11-26(23,24)21-17(19)16(13)15/h4,6,8,12,14H,2-3,5,7,9-11H2,1H3,(H2,19,21)(H,20,22)/t12-,14?/m1/s1. The van der Waals surface area contributed by atoms with Crippen molar-refractivity contribution in [3.8, 4) is 5.75 Å². The minimum Gasteiger partial charge on any atom is -0.492 e. The van der Waals surface area contributed by atoms with Gasteiger partial charge in [-0.2, -0.15) is 0 Å². The van der Waals surface area contributed by atoms with Crippen LogP contribution in [0.15, 0.2) is 22.6 Å². The smallest absolute Gasteiger partial charge is 0.259 e. The molecule has 1 unspecified atom stereocenters. The molecule has 0 aromatic heterocycles. The average Bonchev–Trinajstić information content (AvgIpc) is 3.05. The van der Waals surface area contributed by atoms with Crippen molar-refractivity contribution in [2.24, 2.45) is 22.0 Å². The van der Waals surface area contributed by atoms with Gasteiger partial charge in [0.1, 0.15) is 11.6 Å². The first-order chi connectivity index (χ1) is 12.4. The van der Waals surface area contributed by atoms with E-state index in [9.17, 15) is 13.2 Å². The van der Waals surface area contributed by atoms with Crippen LogP contribution in [-0.4, -0.2) is 33.3 Å². The van der Waals surface area contributed by atoms with E-state index in [2.05, 4.69) is 9.71 Å². The van der Waals surface area contributed by atoms with E-state index in [1.54, 1.807) is 18.2 Å².